The van der Waals surface area contributed by atoms with Crippen LogP contribution in [0.25, 0.3) is 5.57 Å². The molecule has 30 heavy (non-hydrogen) atoms. The summed E-state index contributed by atoms with van der Waals surface area (Å²) in [4.78, 5) is 0. The summed E-state index contributed by atoms with van der Waals surface area (Å²) in [6.07, 6.45) is 14.0. The van der Waals surface area contributed by atoms with Gasteiger partial charge in [-0.15, -0.1) is 10.2 Å². The van der Waals surface area contributed by atoms with E-state index in [1.165, 1.54) is 12.3 Å². The smallest absolute Gasteiger partial charge is 0.165 e. The topological polar surface area (TPSA) is 63.8 Å². The molecule has 1 aromatic heterocycles. The van der Waals surface area contributed by atoms with E-state index in [4.69, 9.17) is 5.73 Å². The number of nitrogens with one attached hydrogen (secondary N) is 1. The third kappa shape index (κ3) is 6.29. The molecule has 0 fully saturated rings. The highest BCUT2D eigenvalue weighted by Gasteiger charge is 2.22. The molecule has 156 valence electrons. The number of rotatable bonds is 8. The zero-order valence-corrected chi connectivity index (χ0v) is 18.0. The van der Waals surface area contributed by atoms with E-state index in [-0.39, 0.29) is 11.2 Å². The van der Waals surface area contributed by atoms with Crippen LogP contribution in [0.1, 0.15) is 33.4 Å². The molecule has 1 aromatic rings. The summed E-state index contributed by atoms with van der Waals surface area (Å²) < 4.78 is 13.4. The summed E-state index contributed by atoms with van der Waals surface area (Å²) in [6, 6.07) is 3.80. The zero-order valence-electron chi connectivity index (χ0n) is 18.0. The fourth-order valence-electron chi connectivity index (χ4n) is 2.79. The molecule has 5 heteroatoms. The van der Waals surface area contributed by atoms with Gasteiger partial charge >= 0.3 is 0 Å². The molecule has 3 N–H and O–H groups in total. The van der Waals surface area contributed by atoms with Gasteiger partial charge in [0.2, 0.25) is 0 Å². The second kappa shape index (κ2) is 10.4. The molecule has 0 aromatic carbocycles. The quantitative estimate of drug-likeness (QED) is 0.425. The predicted molar refractivity (Wildman–Crippen MR) is 124 cm³/mol. The van der Waals surface area contributed by atoms with E-state index in [2.05, 4.69) is 41.7 Å². The highest BCUT2D eigenvalue weighted by Crippen LogP contribution is 2.29. The molecule has 0 saturated carbocycles. The van der Waals surface area contributed by atoms with Crippen LogP contribution in [0.5, 0.6) is 0 Å². The number of nitrogens with zero attached hydrogens (tertiary/aromatic N) is 2. The first-order chi connectivity index (χ1) is 14.3. The monoisotopic (exact) mass is 404 g/mol. The van der Waals surface area contributed by atoms with Gasteiger partial charge in [0.1, 0.15) is 5.82 Å². The van der Waals surface area contributed by atoms with Gasteiger partial charge in [0, 0.05) is 23.7 Å². The number of nitrogens with two attached hydrogens (primary N) is 1. The molecule has 0 saturated heterocycles. The van der Waals surface area contributed by atoms with E-state index >= 15 is 0 Å². The Morgan fingerprint density at radius 3 is 2.67 bits per heavy atom. The lowest BCUT2D eigenvalue weighted by Gasteiger charge is -2.26. The molecule has 1 aliphatic carbocycles. The van der Waals surface area contributed by atoms with E-state index in [9.17, 15) is 4.39 Å². The van der Waals surface area contributed by atoms with Crippen molar-refractivity contribution in [3.05, 3.63) is 101 Å². The van der Waals surface area contributed by atoms with Crippen LogP contribution in [0.2, 0.25) is 0 Å². The van der Waals surface area contributed by atoms with Crippen molar-refractivity contribution >= 4 is 11.4 Å². The maximum absolute atomic E-state index is 13.4. The Morgan fingerprint density at radius 1 is 1.30 bits per heavy atom. The molecule has 1 aliphatic rings. The molecule has 2 rings (SSSR count). The van der Waals surface area contributed by atoms with Crippen molar-refractivity contribution in [2.24, 2.45) is 11.1 Å². The zero-order chi connectivity index (χ0) is 22.1. The molecule has 4 nitrogen and oxygen atoms in total. The molecule has 0 unspecified atom stereocenters. The van der Waals surface area contributed by atoms with Crippen LogP contribution in [-0.2, 0) is 0 Å². The SMILES string of the molecule is C=C(C)C(=C\N)/C=C(\C=C/C)c1ccc(NCC(C)(C)C2=CC=C=C(F)C=C2)nn1. The summed E-state index contributed by atoms with van der Waals surface area (Å²) >= 11 is 0. The fourth-order valence-corrected chi connectivity index (χ4v) is 2.79. The second-order valence-electron chi connectivity index (χ2n) is 7.66. The van der Waals surface area contributed by atoms with Crippen LogP contribution in [0.4, 0.5) is 10.2 Å². The average Bonchev–Trinajstić information content (AvgIpc) is 2.95. The number of aromatic nitrogens is 2. The normalized spacial score (nSPS) is 15.1. The molecule has 0 bridgehead atoms. The number of allylic oxidation sites excluding steroid dienone is 10. The number of hydrogen-bond acceptors (Lipinski definition) is 4. The lowest BCUT2D eigenvalue weighted by molar-refractivity contribution is 0.487. The van der Waals surface area contributed by atoms with Gasteiger partial charge in [0.05, 0.1) is 5.69 Å². The minimum Gasteiger partial charge on any atom is -0.404 e. The third-order valence-corrected chi connectivity index (χ3v) is 4.68. The lowest BCUT2D eigenvalue weighted by atomic mass is 9.83. The predicted octanol–water partition coefficient (Wildman–Crippen LogP) is 5.80. The molecule has 0 radical (unpaired) electrons. The summed E-state index contributed by atoms with van der Waals surface area (Å²) in [7, 11) is 0. The molecular weight excluding hydrogens is 375 g/mol. The number of anilines is 1. The Balaban J connectivity index is 2.14. The Labute approximate surface area is 178 Å². The van der Waals surface area contributed by atoms with Crippen LogP contribution in [0, 0.1) is 5.41 Å². The highest BCUT2D eigenvalue weighted by atomic mass is 19.1. The van der Waals surface area contributed by atoms with E-state index < -0.39 is 0 Å². The second-order valence-corrected chi connectivity index (χ2v) is 7.66. The minimum absolute atomic E-state index is 0.238. The van der Waals surface area contributed by atoms with E-state index in [0.717, 1.165) is 28.0 Å². The first-order valence-corrected chi connectivity index (χ1v) is 9.78. The largest absolute Gasteiger partial charge is 0.404 e. The average molecular weight is 405 g/mol. The van der Waals surface area contributed by atoms with Gasteiger partial charge in [-0.2, -0.15) is 4.39 Å². The van der Waals surface area contributed by atoms with Gasteiger partial charge in [0.15, 0.2) is 5.83 Å². The van der Waals surface area contributed by atoms with Crippen molar-refractivity contribution in [3.63, 3.8) is 0 Å². The van der Waals surface area contributed by atoms with Gasteiger partial charge in [-0.1, -0.05) is 50.5 Å². The van der Waals surface area contributed by atoms with E-state index in [1.807, 2.05) is 50.3 Å². The van der Waals surface area contributed by atoms with Crippen molar-refractivity contribution < 1.29 is 4.39 Å². The summed E-state index contributed by atoms with van der Waals surface area (Å²) in [6.45, 7) is 12.6. The molecule has 0 amide bonds. The first kappa shape index (κ1) is 22.9. The molecular formula is C25H29FN4. The van der Waals surface area contributed by atoms with Gasteiger partial charge in [-0.25, -0.2) is 0 Å². The van der Waals surface area contributed by atoms with Crippen molar-refractivity contribution in [1.82, 2.24) is 10.2 Å². The van der Waals surface area contributed by atoms with E-state index in [1.54, 1.807) is 12.2 Å². The fraction of sp³-hybridized carbons (Fsp3) is 0.240. The van der Waals surface area contributed by atoms with Gasteiger partial charge in [0.25, 0.3) is 0 Å². The summed E-state index contributed by atoms with van der Waals surface area (Å²) in [5.74, 6) is 0.287. The molecule has 0 atom stereocenters. The van der Waals surface area contributed by atoms with Gasteiger partial charge in [-0.05, 0) is 60.9 Å². The summed E-state index contributed by atoms with van der Waals surface area (Å²) in [5, 5.41) is 12.0. The number of halogens is 1. The maximum atomic E-state index is 13.4. The van der Waals surface area contributed by atoms with Crippen molar-refractivity contribution in [2.75, 3.05) is 11.9 Å². The molecule has 0 aliphatic heterocycles. The Morgan fingerprint density at radius 2 is 2.07 bits per heavy atom. The Bertz CT molecular complexity index is 996. The highest BCUT2D eigenvalue weighted by molar-refractivity contribution is 5.75. The third-order valence-electron chi connectivity index (χ3n) is 4.68. The Hall–Kier alpha value is -3.43. The van der Waals surface area contributed by atoms with Crippen molar-refractivity contribution in [2.45, 2.75) is 27.7 Å². The van der Waals surface area contributed by atoms with Crippen LogP contribution in [0.3, 0.4) is 0 Å². The van der Waals surface area contributed by atoms with Crippen molar-refractivity contribution in [3.8, 4) is 0 Å². The lowest BCUT2D eigenvalue weighted by Crippen LogP contribution is -2.25. The minimum atomic E-state index is -0.379. The van der Waals surface area contributed by atoms with Crippen LogP contribution >= 0.6 is 0 Å². The van der Waals surface area contributed by atoms with Crippen LogP contribution in [-0.4, -0.2) is 16.7 Å². The molecule has 0 spiro atoms. The number of hydrogen-bond donors (Lipinski definition) is 2. The maximum Gasteiger partial charge on any atom is 0.165 e. The van der Waals surface area contributed by atoms with E-state index in [0.29, 0.717) is 12.4 Å². The van der Waals surface area contributed by atoms with Gasteiger partial charge in [-0.3, -0.25) is 0 Å². The molecule has 1 heterocycles. The van der Waals surface area contributed by atoms with Crippen molar-refractivity contribution in [1.29, 1.82) is 0 Å². The van der Waals surface area contributed by atoms with Crippen LogP contribution in [0.15, 0.2) is 95.7 Å². The van der Waals surface area contributed by atoms with Crippen LogP contribution < -0.4 is 11.1 Å². The van der Waals surface area contributed by atoms with Gasteiger partial charge < -0.3 is 11.1 Å². The standard InChI is InChI=1S/C25H29FN4/c1-6-8-19(15-20(16-27)18(2)3)23-13-14-24(30-29-23)28-17-25(4,5)21-9-7-10-22(26)12-11-21/h6-9,11-16H,2,17,27H2,1,3-5H3,(H,28,30)/b8-6-,19-15+,20-16-. The Kier molecular flexibility index (Phi) is 7.90. The first-order valence-electron chi connectivity index (χ1n) is 9.78. The summed E-state index contributed by atoms with van der Waals surface area (Å²) in [5.41, 5.74) is 12.4.